The number of nitrogens with zero attached hydrogens (tertiary/aromatic N) is 2. The van der Waals surface area contributed by atoms with Crippen molar-refractivity contribution >= 4 is 0 Å². The van der Waals surface area contributed by atoms with E-state index in [1.165, 1.54) is 5.56 Å². The number of rotatable bonds is 2. The molecule has 0 atom stereocenters. The van der Waals surface area contributed by atoms with Crippen molar-refractivity contribution < 1.29 is 4.52 Å². The first-order chi connectivity index (χ1) is 7.16. The molecule has 15 heavy (non-hydrogen) atoms. The third kappa shape index (κ3) is 2.06. The molecule has 0 spiro atoms. The Bertz CT molecular complexity index is 460. The maximum absolute atomic E-state index is 5.16. The summed E-state index contributed by atoms with van der Waals surface area (Å²) in [6.07, 6.45) is 0. The second-order valence-electron chi connectivity index (χ2n) is 3.98. The second-order valence-corrected chi connectivity index (χ2v) is 3.98. The minimum Gasteiger partial charge on any atom is -0.339 e. The largest absolute Gasteiger partial charge is 0.339 e. The van der Waals surface area contributed by atoms with Crippen LogP contribution in [0, 0.1) is 6.92 Å². The van der Waals surface area contributed by atoms with E-state index in [4.69, 9.17) is 4.52 Å². The van der Waals surface area contributed by atoms with Crippen molar-refractivity contribution in [3.05, 3.63) is 35.7 Å². The molecule has 0 aliphatic rings. The fourth-order valence-corrected chi connectivity index (χ4v) is 1.37. The molecule has 0 fully saturated rings. The molecule has 0 unspecified atom stereocenters. The van der Waals surface area contributed by atoms with Gasteiger partial charge in [0.15, 0.2) is 0 Å². The molecule has 0 radical (unpaired) electrons. The Balaban J connectivity index is 2.37. The lowest BCUT2D eigenvalue weighted by atomic mass is 10.1. The lowest BCUT2D eigenvalue weighted by Crippen LogP contribution is -1.87. The van der Waals surface area contributed by atoms with Gasteiger partial charge in [0.1, 0.15) is 0 Å². The Morgan fingerprint density at radius 1 is 1.27 bits per heavy atom. The molecule has 1 heterocycles. The number of hydrogen-bond acceptors (Lipinski definition) is 3. The maximum atomic E-state index is 5.16. The van der Waals surface area contributed by atoms with Crippen LogP contribution in [0.3, 0.4) is 0 Å². The molecule has 3 heteroatoms. The zero-order chi connectivity index (χ0) is 10.8. The molecular weight excluding hydrogens is 188 g/mol. The molecule has 3 nitrogen and oxygen atoms in total. The molecule has 78 valence electrons. The Morgan fingerprint density at radius 2 is 2.07 bits per heavy atom. The van der Waals surface area contributed by atoms with Gasteiger partial charge in [0.05, 0.1) is 0 Å². The average Bonchev–Trinajstić information content (AvgIpc) is 2.66. The van der Waals surface area contributed by atoms with Crippen molar-refractivity contribution in [1.29, 1.82) is 0 Å². The van der Waals surface area contributed by atoms with Gasteiger partial charge in [0.2, 0.25) is 11.7 Å². The Morgan fingerprint density at radius 3 is 2.67 bits per heavy atom. The van der Waals surface area contributed by atoms with Crippen molar-refractivity contribution in [3.63, 3.8) is 0 Å². The highest BCUT2D eigenvalue weighted by atomic mass is 16.5. The van der Waals surface area contributed by atoms with E-state index in [1.807, 2.05) is 39.0 Å². The molecule has 1 aromatic carbocycles. The molecule has 0 saturated heterocycles. The van der Waals surface area contributed by atoms with Crippen LogP contribution < -0.4 is 0 Å². The summed E-state index contributed by atoms with van der Waals surface area (Å²) in [5, 5.41) is 3.96. The summed E-state index contributed by atoms with van der Waals surface area (Å²) in [6, 6.07) is 8.08. The topological polar surface area (TPSA) is 38.9 Å². The van der Waals surface area contributed by atoms with Gasteiger partial charge in [-0.2, -0.15) is 4.98 Å². The molecule has 1 aromatic heterocycles. The fourth-order valence-electron chi connectivity index (χ4n) is 1.37. The van der Waals surface area contributed by atoms with Crippen LogP contribution in [-0.4, -0.2) is 10.1 Å². The number of benzene rings is 1. The standard InChI is InChI=1S/C12H14N2O/c1-8(2)12-13-11(14-15-12)10-6-4-5-9(3)7-10/h4-8H,1-3H3. The number of hydrogen-bond donors (Lipinski definition) is 0. The average molecular weight is 202 g/mol. The fraction of sp³-hybridized carbons (Fsp3) is 0.333. The second kappa shape index (κ2) is 3.85. The van der Waals surface area contributed by atoms with Crippen molar-refractivity contribution in [1.82, 2.24) is 10.1 Å². The van der Waals surface area contributed by atoms with Gasteiger partial charge in [-0.05, 0) is 13.0 Å². The smallest absolute Gasteiger partial charge is 0.229 e. The number of aryl methyl sites for hydroxylation is 1. The molecule has 0 amide bonds. The summed E-state index contributed by atoms with van der Waals surface area (Å²) < 4.78 is 5.16. The quantitative estimate of drug-likeness (QED) is 0.750. The van der Waals surface area contributed by atoms with Crippen LogP contribution in [0.1, 0.15) is 31.2 Å². The van der Waals surface area contributed by atoms with Crippen LogP contribution >= 0.6 is 0 Å². The summed E-state index contributed by atoms with van der Waals surface area (Å²) in [5.74, 6) is 1.63. The molecule has 0 N–H and O–H groups in total. The van der Waals surface area contributed by atoms with Crippen molar-refractivity contribution in [3.8, 4) is 11.4 Å². The maximum Gasteiger partial charge on any atom is 0.229 e. The highest BCUT2D eigenvalue weighted by Gasteiger charge is 2.10. The lowest BCUT2D eigenvalue weighted by Gasteiger charge is -1.95. The summed E-state index contributed by atoms with van der Waals surface area (Å²) in [7, 11) is 0. The highest BCUT2D eigenvalue weighted by molar-refractivity contribution is 5.55. The lowest BCUT2D eigenvalue weighted by molar-refractivity contribution is 0.365. The van der Waals surface area contributed by atoms with Gasteiger partial charge in [-0.15, -0.1) is 0 Å². The van der Waals surface area contributed by atoms with E-state index in [-0.39, 0.29) is 5.92 Å². The monoisotopic (exact) mass is 202 g/mol. The van der Waals surface area contributed by atoms with E-state index >= 15 is 0 Å². The normalized spacial score (nSPS) is 10.9. The van der Waals surface area contributed by atoms with Gasteiger partial charge < -0.3 is 4.52 Å². The van der Waals surface area contributed by atoms with E-state index < -0.39 is 0 Å². The minimum absolute atomic E-state index is 0.274. The van der Waals surface area contributed by atoms with Gasteiger partial charge in [-0.25, -0.2) is 0 Å². The SMILES string of the molecule is Cc1cccc(-c2noc(C(C)C)n2)c1. The van der Waals surface area contributed by atoms with Crippen LogP contribution in [0.4, 0.5) is 0 Å². The molecule has 2 aromatic rings. The number of aromatic nitrogens is 2. The first-order valence-electron chi connectivity index (χ1n) is 5.07. The van der Waals surface area contributed by atoms with Crippen molar-refractivity contribution in [2.24, 2.45) is 0 Å². The van der Waals surface area contributed by atoms with Crippen LogP contribution in [0.2, 0.25) is 0 Å². The Labute approximate surface area is 89.1 Å². The van der Waals surface area contributed by atoms with E-state index in [1.54, 1.807) is 0 Å². The first kappa shape index (κ1) is 9.90. The van der Waals surface area contributed by atoms with Gasteiger partial charge in [0, 0.05) is 11.5 Å². The van der Waals surface area contributed by atoms with E-state index in [2.05, 4.69) is 16.2 Å². The molecular formula is C12H14N2O. The first-order valence-corrected chi connectivity index (χ1v) is 5.07. The van der Waals surface area contributed by atoms with Gasteiger partial charge in [-0.3, -0.25) is 0 Å². The van der Waals surface area contributed by atoms with Crippen LogP contribution in [-0.2, 0) is 0 Å². The minimum atomic E-state index is 0.274. The van der Waals surface area contributed by atoms with Gasteiger partial charge in [-0.1, -0.05) is 42.8 Å². The molecule has 0 aliphatic heterocycles. The zero-order valence-electron chi connectivity index (χ0n) is 9.19. The molecule has 0 bridgehead atoms. The van der Waals surface area contributed by atoms with Crippen LogP contribution in [0.25, 0.3) is 11.4 Å². The third-order valence-corrected chi connectivity index (χ3v) is 2.21. The summed E-state index contributed by atoms with van der Waals surface area (Å²) in [4.78, 5) is 4.34. The van der Waals surface area contributed by atoms with E-state index in [0.717, 1.165) is 5.56 Å². The van der Waals surface area contributed by atoms with Crippen LogP contribution in [0.15, 0.2) is 28.8 Å². The summed E-state index contributed by atoms with van der Waals surface area (Å²) >= 11 is 0. The van der Waals surface area contributed by atoms with Gasteiger partial charge in [0.25, 0.3) is 0 Å². The molecule has 2 rings (SSSR count). The summed E-state index contributed by atoms with van der Waals surface area (Å²) in [5.41, 5.74) is 2.20. The Hall–Kier alpha value is -1.64. The summed E-state index contributed by atoms with van der Waals surface area (Å²) in [6.45, 7) is 6.12. The predicted octanol–water partition coefficient (Wildman–Crippen LogP) is 3.17. The molecule has 0 aliphatic carbocycles. The van der Waals surface area contributed by atoms with Crippen LogP contribution in [0.5, 0.6) is 0 Å². The Kier molecular flexibility index (Phi) is 2.54. The van der Waals surface area contributed by atoms with Gasteiger partial charge >= 0.3 is 0 Å². The molecule has 0 saturated carbocycles. The van der Waals surface area contributed by atoms with E-state index in [9.17, 15) is 0 Å². The zero-order valence-corrected chi connectivity index (χ0v) is 9.19. The third-order valence-electron chi connectivity index (χ3n) is 2.21. The van der Waals surface area contributed by atoms with Crippen molar-refractivity contribution in [2.75, 3.05) is 0 Å². The van der Waals surface area contributed by atoms with Crippen molar-refractivity contribution in [2.45, 2.75) is 26.7 Å². The van der Waals surface area contributed by atoms with E-state index in [0.29, 0.717) is 11.7 Å². The highest BCUT2D eigenvalue weighted by Crippen LogP contribution is 2.19. The predicted molar refractivity (Wildman–Crippen MR) is 58.6 cm³/mol.